The number of hydrogen-bond acceptors (Lipinski definition) is 9. The van der Waals surface area contributed by atoms with E-state index in [2.05, 4.69) is 11.0 Å². The van der Waals surface area contributed by atoms with Gasteiger partial charge in [0, 0.05) is 60.4 Å². The number of benzene rings is 2. The number of amides is 2. The fourth-order valence-corrected chi connectivity index (χ4v) is 5.60. The lowest BCUT2D eigenvalue weighted by Crippen LogP contribution is -2.54. The number of carboxylic acid groups (broad SMARTS) is 1. The summed E-state index contributed by atoms with van der Waals surface area (Å²) in [6.07, 6.45) is -0.525. The van der Waals surface area contributed by atoms with Gasteiger partial charge in [-0.25, -0.2) is 4.79 Å². The Morgan fingerprint density at radius 1 is 0.956 bits per heavy atom. The van der Waals surface area contributed by atoms with E-state index >= 15 is 0 Å². The van der Waals surface area contributed by atoms with Gasteiger partial charge in [0.25, 0.3) is 0 Å². The molecule has 12 nitrogen and oxygen atoms in total. The number of ether oxygens (including phenoxy) is 6. The van der Waals surface area contributed by atoms with Crippen molar-refractivity contribution >= 4 is 17.7 Å². The van der Waals surface area contributed by atoms with Crippen LogP contribution >= 0.6 is 0 Å². The number of carbonyl (C=O) groups is 2. The van der Waals surface area contributed by atoms with Gasteiger partial charge in [-0.05, 0) is 41.8 Å². The van der Waals surface area contributed by atoms with Gasteiger partial charge in [-0.3, -0.25) is 4.79 Å². The van der Waals surface area contributed by atoms with Crippen LogP contribution in [-0.2, 0) is 30.3 Å². The highest BCUT2D eigenvalue weighted by molar-refractivity contribution is 5.76. The average Bonchev–Trinajstić information content (AvgIpc) is 3.04. The first-order valence-electron chi connectivity index (χ1n) is 15.4. The average molecular weight is 630 g/mol. The molecule has 2 amide bonds. The minimum atomic E-state index is -1.06. The first-order chi connectivity index (χ1) is 21.8. The van der Waals surface area contributed by atoms with Crippen LogP contribution in [0.5, 0.6) is 11.5 Å². The van der Waals surface area contributed by atoms with Gasteiger partial charge in [-0.1, -0.05) is 18.2 Å². The topological polar surface area (TPSA) is 119 Å². The van der Waals surface area contributed by atoms with Crippen LogP contribution in [0, 0.1) is 0 Å². The molecule has 0 bridgehead atoms. The highest BCUT2D eigenvalue weighted by Crippen LogP contribution is 2.36. The summed E-state index contributed by atoms with van der Waals surface area (Å²) in [6.45, 7) is 4.46. The van der Waals surface area contributed by atoms with Gasteiger partial charge >= 0.3 is 6.09 Å². The van der Waals surface area contributed by atoms with Crippen LogP contribution < -0.4 is 14.4 Å². The largest absolute Gasteiger partial charge is 0.494 e. The van der Waals surface area contributed by atoms with Gasteiger partial charge in [-0.2, -0.15) is 0 Å². The van der Waals surface area contributed by atoms with E-state index < -0.39 is 18.3 Å². The molecule has 2 aliphatic rings. The second kappa shape index (κ2) is 17.2. The van der Waals surface area contributed by atoms with Gasteiger partial charge in [-0.15, -0.1) is 0 Å². The van der Waals surface area contributed by atoms with Crippen molar-refractivity contribution in [3.63, 3.8) is 0 Å². The lowest BCUT2D eigenvalue weighted by molar-refractivity contribution is -0.140. The van der Waals surface area contributed by atoms with E-state index in [1.54, 1.807) is 28.3 Å². The van der Waals surface area contributed by atoms with Crippen LogP contribution in [0.1, 0.15) is 29.9 Å². The smallest absolute Gasteiger partial charge is 0.407 e. The number of anilines is 1. The molecule has 1 saturated heterocycles. The molecular weight excluding hydrogens is 582 g/mol. The molecule has 1 fully saturated rings. The molecular formula is C33H47N3O9. The van der Waals surface area contributed by atoms with E-state index in [0.717, 1.165) is 54.2 Å². The standard InChI is InChI=1S/C33H47N3O9/c1-34(2)31(37)23-45-30-21-36(33(38)39)20-29(32(30)25-8-10-26(11-9-25)42-17-6-16-41-4)44-22-24-7-12-28-27(19-24)35(14-18-43-28)13-5-15-40-3/h7-12,19,29-30,32H,5-6,13-18,20-23H2,1-4H3,(H,38,39)/t29-,30+,32+/m0/s1. The van der Waals surface area contributed by atoms with E-state index in [1.165, 1.54) is 9.80 Å². The second-order valence-corrected chi connectivity index (χ2v) is 11.4. The van der Waals surface area contributed by atoms with E-state index in [9.17, 15) is 14.7 Å². The molecule has 2 heterocycles. The lowest BCUT2D eigenvalue weighted by Gasteiger charge is -2.42. The normalized spacial score (nSPS) is 19.5. The van der Waals surface area contributed by atoms with Crippen LogP contribution in [0.15, 0.2) is 42.5 Å². The monoisotopic (exact) mass is 629 g/mol. The Hall–Kier alpha value is -3.58. The molecule has 1 N–H and O–H groups in total. The number of likely N-dealkylation sites (tertiary alicyclic amines) is 1. The fraction of sp³-hybridized carbons (Fsp3) is 0.576. The van der Waals surface area contributed by atoms with Gasteiger partial charge in [0.15, 0.2) is 0 Å². The number of piperidine rings is 1. The zero-order chi connectivity index (χ0) is 32.2. The molecule has 0 spiro atoms. The van der Waals surface area contributed by atoms with Crippen molar-refractivity contribution in [2.45, 2.75) is 37.6 Å². The molecule has 2 aromatic carbocycles. The molecule has 12 heteroatoms. The molecule has 2 aromatic rings. The van der Waals surface area contributed by atoms with Crippen molar-refractivity contribution < 1.29 is 43.1 Å². The molecule has 0 radical (unpaired) electrons. The zero-order valence-corrected chi connectivity index (χ0v) is 26.8. The summed E-state index contributed by atoms with van der Waals surface area (Å²) < 4.78 is 34.8. The molecule has 4 rings (SSSR count). The predicted octanol–water partition coefficient (Wildman–Crippen LogP) is 3.47. The van der Waals surface area contributed by atoms with Crippen molar-refractivity contribution in [3.8, 4) is 11.5 Å². The minimum absolute atomic E-state index is 0.114. The third kappa shape index (κ3) is 9.70. The van der Waals surface area contributed by atoms with E-state index in [-0.39, 0.29) is 38.1 Å². The second-order valence-electron chi connectivity index (χ2n) is 11.4. The van der Waals surface area contributed by atoms with Crippen molar-refractivity contribution in [2.75, 3.05) is 92.4 Å². The summed E-state index contributed by atoms with van der Waals surface area (Å²) in [6, 6.07) is 13.7. The summed E-state index contributed by atoms with van der Waals surface area (Å²) in [5.41, 5.74) is 2.87. The number of fused-ring (bicyclic) bond motifs is 1. The number of rotatable bonds is 16. The Bertz CT molecular complexity index is 1230. The van der Waals surface area contributed by atoms with E-state index in [0.29, 0.717) is 26.4 Å². The van der Waals surface area contributed by atoms with Crippen LogP contribution in [0.4, 0.5) is 10.5 Å². The maximum Gasteiger partial charge on any atom is 0.407 e. The molecule has 3 atom stereocenters. The van der Waals surface area contributed by atoms with Crippen molar-refractivity contribution in [2.24, 2.45) is 0 Å². The Kier molecular flexibility index (Phi) is 13.1. The maximum atomic E-state index is 12.4. The van der Waals surface area contributed by atoms with Crippen molar-refractivity contribution in [3.05, 3.63) is 53.6 Å². The predicted molar refractivity (Wildman–Crippen MR) is 168 cm³/mol. The van der Waals surface area contributed by atoms with Gasteiger partial charge in [0.05, 0.1) is 50.7 Å². The number of carbonyl (C=O) groups excluding carboxylic acids is 1. The number of methoxy groups -OCH3 is 2. The highest BCUT2D eigenvalue weighted by Gasteiger charge is 2.41. The summed E-state index contributed by atoms with van der Waals surface area (Å²) >= 11 is 0. The van der Waals surface area contributed by atoms with Crippen LogP contribution in [-0.4, -0.2) is 127 Å². The molecule has 0 saturated carbocycles. The molecule has 0 aliphatic carbocycles. The minimum Gasteiger partial charge on any atom is -0.494 e. The first-order valence-corrected chi connectivity index (χ1v) is 15.4. The highest BCUT2D eigenvalue weighted by atomic mass is 16.5. The van der Waals surface area contributed by atoms with Gasteiger partial charge in [0.2, 0.25) is 5.91 Å². The number of nitrogens with zero attached hydrogens (tertiary/aromatic N) is 3. The third-order valence-corrected chi connectivity index (χ3v) is 8.04. The number of likely N-dealkylation sites (N-methyl/N-ethyl adjacent to an activating group) is 1. The van der Waals surface area contributed by atoms with Crippen LogP contribution in [0.2, 0.25) is 0 Å². The Labute approximate surface area is 265 Å². The van der Waals surface area contributed by atoms with Gasteiger partial charge in [0.1, 0.15) is 24.7 Å². The maximum absolute atomic E-state index is 12.4. The van der Waals surface area contributed by atoms with Crippen molar-refractivity contribution in [1.29, 1.82) is 0 Å². The molecule has 45 heavy (non-hydrogen) atoms. The summed E-state index contributed by atoms with van der Waals surface area (Å²) in [7, 11) is 6.68. The Morgan fingerprint density at radius 3 is 2.36 bits per heavy atom. The summed E-state index contributed by atoms with van der Waals surface area (Å²) in [5.74, 6) is 1.02. The third-order valence-electron chi connectivity index (χ3n) is 8.04. The first kappa shape index (κ1) is 34.3. The molecule has 2 aliphatic heterocycles. The van der Waals surface area contributed by atoms with E-state index in [1.807, 2.05) is 36.4 Å². The Balaban J connectivity index is 1.55. The van der Waals surface area contributed by atoms with Gasteiger partial charge < -0.3 is 48.2 Å². The summed E-state index contributed by atoms with van der Waals surface area (Å²) in [5, 5.41) is 9.97. The quantitative estimate of drug-likeness (QED) is 0.277. The molecule has 248 valence electrons. The Morgan fingerprint density at radius 2 is 1.67 bits per heavy atom. The lowest BCUT2D eigenvalue weighted by atomic mass is 9.84. The van der Waals surface area contributed by atoms with E-state index in [4.69, 9.17) is 28.4 Å². The SMILES string of the molecule is COCCCOc1ccc([C@@H]2[C@@H](OCc3ccc4c(c3)N(CCCOC)CCO4)CN(C(=O)O)C[C@H]2OCC(=O)N(C)C)cc1. The molecule has 0 unspecified atom stereocenters. The molecule has 0 aromatic heterocycles. The van der Waals surface area contributed by atoms with Crippen molar-refractivity contribution in [1.82, 2.24) is 9.80 Å². The summed E-state index contributed by atoms with van der Waals surface area (Å²) in [4.78, 5) is 29.7. The zero-order valence-electron chi connectivity index (χ0n) is 26.8. The number of hydrogen-bond donors (Lipinski definition) is 1. The van der Waals surface area contributed by atoms with Crippen LogP contribution in [0.3, 0.4) is 0 Å². The van der Waals surface area contributed by atoms with Crippen LogP contribution in [0.25, 0.3) is 0 Å². The fourth-order valence-electron chi connectivity index (χ4n) is 5.60.